The Labute approximate surface area is 165 Å². The van der Waals surface area contributed by atoms with E-state index in [0.717, 1.165) is 37.3 Å². The van der Waals surface area contributed by atoms with E-state index in [9.17, 15) is 14.4 Å². The van der Waals surface area contributed by atoms with Gasteiger partial charge < -0.3 is 19.7 Å². The fourth-order valence-corrected chi connectivity index (χ4v) is 3.95. The zero-order valence-electron chi connectivity index (χ0n) is 16.9. The van der Waals surface area contributed by atoms with Crippen LogP contribution >= 0.6 is 11.3 Å². The van der Waals surface area contributed by atoms with Crippen LogP contribution in [0.4, 0.5) is 5.00 Å². The highest BCUT2D eigenvalue weighted by atomic mass is 32.1. The molecule has 0 atom stereocenters. The molecule has 0 saturated carbocycles. The predicted molar refractivity (Wildman–Crippen MR) is 106 cm³/mol. The molecule has 2 N–H and O–H groups in total. The summed E-state index contributed by atoms with van der Waals surface area (Å²) in [6.45, 7) is 11.8. The van der Waals surface area contributed by atoms with Crippen LogP contribution in [0, 0.1) is 6.92 Å². The SMILES string of the molecule is CCC[NH+](CCC)CC(=O)Nc1sc(C(=O)OCC)c(C)c1C(=O)OCC. The van der Waals surface area contributed by atoms with Crippen LogP contribution in [0.3, 0.4) is 0 Å². The molecule has 1 rings (SSSR count). The van der Waals surface area contributed by atoms with Crippen LogP contribution in [0.5, 0.6) is 0 Å². The maximum Gasteiger partial charge on any atom is 0.348 e. The van der Waals surface area contributed by atoms with Crippen molar-refractivity contribution in [1.82, 2.24) is 0 Å². The molecule has 0 unspecified atom stereocenters. The zero-order valence-corrected chi connectivity index (χ0v) is 17.7. The van der Waals surface area contributed by atoms with E-state index in [4.69, 9.17) is 9.47 Å². The highest BCUT2D eigenvalue weighted by Crippen LogP contribution is 2.34. The number of amides is 1. The summed E-state index contributed by atoms with van der Waals surface area (Å²) >= 11 is 1.05. The Kier molecular flexibility index (Phi) is 10.0. The van der Waals surface area contributed by atoms with Gasteiger partial charge in [0, 0.05) is 0 Å². The van der Waals surface area contributed by atoms with Crippen LogP contribution < -0.4 is 10.2 Å². The van der Waals surface area contributed by atoms with E-state index in [1.807, 2.05) is 0 Å². The number of anilines is 1. The topological polar surface area (TPSA) is 86.1 Å². The highest BCUT2D eigenvalue weighted by Gasteiger charge is 2.27. The quantitative estimate of drug-likeness (QED) is 0.556. The van der Waals surface area contributed by atoms with E-state index >= 15 is 0 Å². The van der Waals surface area contributed by atoms with E-state index in [0.29, 0.717) is 22.0 Å². The van der Waals surface area contributed by atoms with E-state index in [1.165, 1.54) is 4.90 Å². The Hall–Kier alpha value is -1.93. The molecule has 0 aliphatic heterocycles. The molecule has 0 saturated heterocycles. The molecule has 27 heavy (non-hydrogen) atoms. The minimum absolute atomic E-state index is 0.186. The number of rotatable bonds is 11. The normalized spacial score (nSPS) is 10.7. The van der Waals surface area contributed by atoms with Gasteiger partial charge in [-0.2, -0.15) is 0 Å². The molecule has 8 heteroatoms. The Morgan fingerprint density at radius 1 is 0.963 bits per heavy atom. The van der Waals surface area contributed by atoms with Gasteiger partial charge in [-0.05, 0) is 39.2 Å². The number of hydrogen-bond donors (Lipinski definition) is 2. The molecule has 1 aromatic rings. The molecule has 1 heterocycles. The van der Waals surface area contributed by atoms with Gasteiger partial charge in [-0.3, -0.25) is 4.79 Å². The summed E-state index contributed by atoms with van der Waals surface area (Å²) in [6, 6.07) is 0. The molecule has 0 aliphatic carbocycles. The highest BCUT2D eigenvalue weighted by molar-refractivity contribution is 7.18. The first-order valence-electron chi connectivity index (χ1n) is 9.50. The van der Waals surface area contributed by atoms with Crippen molar-refractivity contribution in [3.05, 3.63) is 16.0 Å². The van der Waals surface area contributed by atoms with Crippen molar-refractivity contribution < 1.29 is 28.8 Å². The van der Waals surface area contributed by atoms with Crippen LogP contribution in [-0.2, 0) is 14.3 Å². The van der Waals surface area contributed by atoms with Gasteiger partial charge in [-0.15, -0.1) is 11.3 Å². The molecule has 0 fully saturated rings. The Bertz CT molecular complexity index is 651. The van der Waals surface area contributed by atoms with Crippen molar-refractivity contribution in [2.24, 2.45) is 0 Å². The van der Waals surface area contributed by atoms with Crippen LogP contribution in [0.25, 0.3) is 0 Å². The molecule has 0 radical (unpaired) electrons. The zero-order chi connectivity index (χ0) is 20.4. The van der Waals surface area contributed by atoms with Crippen LogP contribution in [-0.4, -0.2) is 50.7 Å². The Morgan fingerprint density at radius 2 is 1.52 bits per heavy atom. The molecule has 152 valence electrons. The second-order valence-corrected chi connectivity index (χ2v) is 7.20. The average molecular weight is 400 g/mol. The lowest BCUT2D eigenvalue weighted by Gasteiger charge is -2.17. The minimum atomic E-state index is -0.552. The fraction of sp³-hybridized carbons (Fsp3) is 0.632. The number of hydrogen-bond acceptors (Lipinski definition) is 6. The number of ether oxygens (including phenoxy) is 2. The summed E-state index contributed by atoms with van der Waals surface area (Å²) in [6.07, 6.45) is 1.98. The largest absolute Gasteiger partial charge is 0.462 e. The van der Waals surface area contributed by atoms with Crippen molar-refractivity contribution in [3.8, 4) is 0 Å². The van der Waals surface area contributed by atoms with Crippen molar-refractivity contribution in [2.45, 2.75) is 47.5 Å². The number of thiophene rings is 1. The van der Waals surface area contributed by atoms with Gasteiger partial charge in [0.25, 0.3) is 5.91 Å². The number of quaternary nitrogens is 1. The van der Waals surface area contributed by atoms with Gasteiger partial charge in [0.15, 0.2) is 6.54 Å². The van der Waals surface area contributed by atoms with Crippen LogP contribution in [0.15, 0.2) is 0 Å². The summed E-state index contributed by atoms with van der Waals surface area (Å²) in [5.74, 6) is -1.24. The van der Waals surface area contributed by atoms with Gasteiger partial charge in [0.05, 0.1) is 31.9 Å². The molecular weight excluding hydrogens is 368 g/mol. The van der Waals surface area contributed by atoms with E-state index in [2.05, 4.69) is 19.2 Å². The van der Waals surface area contributed by atoms with Gasteiger partial charge in [-0.25, -0.2) is 9.59 Å². The number of carbonyl (C=O) groups excluding carboxylic acids is 3. The Morgan fingerprint density at radius 3 is 2.04 bits per heavy atom. The maximum absolute atomic E-state index is 12.5. The maximum atomic E-state index is 12.5. The summed E-state index contributed by atoms with van der Waals surface area (Å²) < 4.78 is 10.2. The first kappa shape index (κ1) is 23.1. The minimum Gasteiger partial charge on any atom is -0.462 e. The molecule has 7 nitrogen and oxygen atoms in total. The number of carbonyl (C=O) groups is 3. The van der Waals surface area contributed by atoms with Gasteiger partial charge >= 0.3 is 11.9 Å². The standard InChI is InChI=1S/C19H30N2O5S/c1-6-10-21(11-7-2)12-14(22)20-17-15(18(23)25-8-3)13(5)16(27-17)19(24)26-9-4/h6-12H2,1-5H3,(H,20,22)/p+1. The molecule has 0 aliphatic rings. The molecule has 0 aromatic carbocycles. The fourth-order valence-electron chi connectivity index (χ4n) is 2.85. The molecular formula is C19H31N2O5S+. The lowest BCUT2D eigenvalue weighted by Crippen LogP contribution is -3.13. The third-order valence-corrected chi connectivity index (χ3v) is 5.15. The molecule has 1 amide bonds. The van der Waals surface area contributed by atoms with Crippen LogP contribution in [0.2, 0.25) is 0 Å². The molecule has 1 aromatic heterocycles. The van der Waals surface area contributed by atoms with Crippen molar-refractivity contribution in [3.63, 3.8) is 0 Å². The number of nitrogens with one attached hydrogen (secondary N) is 2. The summed E-state index contributed by atoms with van der Waals surface area (Å²) in [7, 11) is 0. The third-order valence-electron chi connectivity index (χ3n) is 3.96. The lowest BCUT2D eigenvalue weighted by atomic mass is 10.1. The monoisotopic (exact) mass is 399 g/mol. The van der Waals surface area contributed by atoms with Gasteiger partial charge in [0.1, 0.15) is 9.88 Å². The first-order valence-corrected chi connectivity index (χ1v) is 10.3. The first-order chi connectivity index (χ1) is 12.9. The van der Waals surface area contributed by atoms with Crippen molar-refractivity contribution in [2.75, 3.05) is 38.2 Å². The number of esters is 2. The molecule has 0 bridgehead atoms. The van der Waals surface area contributed by atoms with E-state index in [-0.39, 0.29) is 24.7 Å². The van der Waals surface area contributed by atoms with Crippen molar-refractivity contribution in [1.29, 1.82) is 0 Å². The Balaban J connectivity index is 3.09. The lowest BCUT2D eigenvalue weighted by molar-refractivity contribution is -0.891. The molecule has 0 spiro atoms. The van der Waals surface area contributed by atoms with Gasteiger partial charge in [0.2, 0.25) is 0 Å². The predicted octanol–water partition coefficient (Wildman–Crippen LogP) is 2.05. The second kappa shape index (κ2) is 11.7. The second-order valence-electron chi connectivity index (χ2n) is 6.18. The van der Waals surface area contributed by atoms with Gasteiger partial charge in [-0.1, -0.05) is 13.8 Å². The summed E-state index contributed by atoms with van der Waals surface area (Å²) in [5, 5.41) is 3.14. The van der Waals surface area contributed by atoms with E-state index in [1.54, 1.807) is 20.8 Å². The summed E-state index contributed by atoms with van der Waals surface area (Å²) in [5.41, 5.74) is 0.698. The summed E-state index contributed by atoms with van der Waals surface area (Å²) in [4.78, 5) is 38.6. The van der Waals surface area contributed by atoms with E-state index < -0.39 is 11.9 Å². The third kappa shape index (κ3) is 6.62. The van der Waals surface area contributed by atoms with Crippen molar-refractivity contribution >= 4 is 34.2 Å². The van der Waals surface area contributed by atoms with Crippen LogP contribution in [0.1, 0.15) is 66.1 Å². The average Bonchev–Trinajstić information content (AvgIpc) is 2.92. The smallest absolute Gasteiger partial charge is 0.348 e.